The van der Waals surface area contributed by atoms with E-state index in [1.165, 1.54) is 23.9 Å². The molecule has 4 aromatic rings. The minimum absolute atomic E-state index is 0.0222. The molecule has 7 nitrogen and oxygen atoms in total. The monoisotopic (exact) mass is 494 g/mol. The standard InChI is InChI=1S/C28H22N4O3S/c1-19-16-21(17-22(18-29)28(33)30-23-6-4-3-5-7-23)20(2)31(19)24-8-12-26(13-9-24)36-27-14-10-25(11-15-27)32(34)35/h3-17H,1-2H3,(H,30,33). The van der Waals surface area contributed by atoms with Crippen LogP contribution in [-0.4, -0.2) is 15.4 Å². The molecule has 8 heteroatoms. The molecule has 0 saturated carbocycles. The number of amides is 1. The second-order valence-corrected chi connectivity index (χ2v) is 9.15. The van der Waals surface area contributed by atoms with Crippen LogP contribution in [0.2, 0.25) is 0 Å². The quantitative estimate of drug-likeness (QED) is 0.133. The molecule has 0 aliphatic carbocycles. The number of non-ortho nitro benzene ring substituents is 1. The molecule has 4 rings (SSSR count). The maximum absolute atomic E-state index is 12.6. The maximum Gasteiger partial charge on any atom is 0.269 e. The Bertz CT molecular complexity index is 1480. The van der Waals surface area contributed by atoms with E-state index in [1.54, 1.807) is 30.3 Å². The van der Waals surface area contributed by atoms with E-state index in [1.807, 2.05) is 68.4 Å². The average molecular weight is 495 g/mol. The summed E-state index contributed by atoms with van der Waals surface area (Å²) < 4.78 is 2.07. The van der Waals surface area contributed by atoms with Crippen LogP contribution in [0.25, 0.3) is 11.8 Å². The van der Waals surface area contributed by atoms with Gasteiger partial charge in [0, 0.05) is 44.7 Å². The van der Waals surface area contributed by atoms with E-state index < -0.39 is 10.8 Å². The molecule has 1 aromatic heterocycles. The van der Waals surface area contributed by atoms with Gasteiger partial charge in [0.1, 0.15) is 11.6 Å². The molecule has 0 atom stereocenters. The van der Waals surface area contributed by atoms with E-state index in [9.17, 15) is 20.2 Å². The highest BCUT2D eigenvalue weighted by Crippen LogP contribution is 2.31. The van der Waals surface area contributed by atoms with Gasteiger partial charge in [0.15, 0.2) is 0 Å². The molecule has 36 heavy (non-hydrogen) atoms. The van der Waals surface area contributed by atoms with Gasteiger partial charge in [-0.2, -0.15) is 5.26 Å². The van der Waals surface area contributed by atoms with E-state index in [4.69, 9.17) is 0 Å². The number of hydrogen-bond acceptors (Lipinski definition) is 5. The first kappa shape index (κ1) is 24.5. The normalized spacial score (nSPS) is 11.1. The van der Waals surface area contributed by atoms with Crippen LogP contribution in [0.5, 0.6) is 0 Å². The highest BCUT2D eigenvalue weighted by atomic mass is 32.2. The summed E-state index contributed by atoms with van der Waals surface area (Å²) in [5.74, 6) is -0.457. The topological polar surface area (TPSA) is 101 Å². The van der Waals surface area contributed by atoms with Crippen LogP contribution in [0.3, 0.4) is 0 Å². The molecule has 0 fully saturated rings. The summed E-state index contributed by atoms with van der Waals surface area (Å²) in [6, 6.07) is 27.4. The SMILES string of the molecule is Cc1cc(C=C(C#N)C(=O)Nc2ccccc2)c(C)n1-c1ccc(Sc2ccc([N+](=O)[O-])cc2)cc1. The summed E-state index contributed by atoms with van der Waals surface area (Å²) in [5, 5.41) is 23.2. The molecule has 0 saturated heterocycles. The van der Waals surface area contributed by atoms with Crippen molar-refractivity contribution < 1.29 is 9.72 Å². The molecule has 1 N–H and O–H groups in total. The van der Waals surface area contributed by atoms with E-state index in [2.05, 4.69) is 9.88 Å². The molecule has 178 valence electrons. The van der Waals surface area contributed by atoms with Crippen LogP contribution >= 0.6 is 11.8 Å². The van der Waals surface area contributed by atoms with Crippen LogP contribution in [0.4, 0.5) is 11.4 Å². The Morgan fingerprint density at radius 1 is 1.00 bits per heavy atom. The third-order valence-corrected chi connectivity index (χ3v) is 6.56. The second kappa shape index (κ2) is 10.8. The molecule has 1 heterocycles. The third-order valence-electron chi connectivity index (χ3n) is 5.55. The highest BCUT2D eigenvalue weighted by Gasteiger charge is 2.14. The fourth-order valence-electron chi connectivity index (χ4n) is 3.79. The zero-order chi connectivity index (χ0) is 25.7. The zero-order valence-electron chi connectivity index (χ0n) is 19.6. The smallest absolute Gasteiger partial charge is 0.269 e. The number of carbonyl (C=O) groups excluding carboxylic acids is 1. The number of nitriles is 1. The molecule has 3 aromatic carbocycles. The lowest BCUT2D eigenvalue weighted by Crippen LogP contribution is -2.13. The molecular formula is C28H22N4O3S. The molecule has 0 aliphatic heterocycles. The molecule has 0 bridgehead atoms. The molecule has 0 unspecified atom stereocenters. The summed E-state index contributed by atoms with van der Waals surface area (Å²) in [7, 11) is 0. The minimum atomic E-state index is -0.457. The zero-order valence-corrected chi connectivity index (χ0v) is 20.5. The number of aryl methyl sites for hydroxylation is 1. The number of aromatic nitrogens is 1. The van der Waals surface area contributed by atoms with Crippen LogP contribution in [0.15, 0.2) is 100 Å². The van der Waals surface area contributed by atoms with Gasteiger partial charge in [-0.25, -0.2) is 0 Å². The summed E-state index contributed by atoms with van der Waals surface area (Å²) in [5.41, 5.74) is 4.32. The molecule has 0 spiro atoms. The third kappa shape index (κ3) is 5.54. The van der Waals surface area contributed by atoms with Gasteiger partial charge in [0.2, 0.25) is 0 Å². The van der Waals surface area contributed by atoms with Crippen LogP contribution < -0.4 is 5.32 Å². The molecule has 1 amide bonds. The van der Waals surface area contributed by atoms with Crippen LogP contribution in [-0.2, 0) is 4.79 Å². The molecule has 0 aliphatic rings. The van der Waals surface area contributed by atoms with E-state index >= 15 is 0 Å². The summed E-state index contributed by atoms with van der Waals surface area (Å²) in [6.07, 6.45) is 1.61. The lowest BCUT2D eigenvalue weighted by Gasteiger charge is -2.11. The summed E-state index contributed by atoms with van der Waals surface area (Å²) in [6.45, 7) is 3.92. The van der Waals surface area contributed by atoms with Gasteiger partial charge in [-0.05, 0) is 80.1 Å². The van der Waals surface area contributed by atoms with Gasteiger partial charge in [-0.1, -0.05) is 30.0 Å². The number of anilines is 1. The second-order valence-electron chi connectivity index (χ2n) is 8.00. The number of hydrogen-bond donors (Lipinski definition) is 1. The Morgan fingerprint density at radius 2 is 1.61 bits per heavy atom. The van der Waals surface area contributed by atoms with E-state index in [-0.39, 0.29) is 11.3 Å². The van der Waals surface area contributed by atoms with E-state index in [0.717, 1.165) is 32.4 Å². The minimum Gasteiger partial charge on any atom is -0.321 e. The molecular weight excluding hydrogens is 472 g/mol. The number of nitrogens with one attached hydrogen (secondary N) is 1. The maximum atomic E-state index is 12.6. The van der Waals surface area contributed by atoms with Crippen LogP contribution in [0, 0.1) is 35.3 Å². The first-order valence-corrected chi connectivity index (χ1v) is 11.9. The van der Waals surface area contributed by atoms with Crippen molar-refractivity contribution in [2.75, 3.05) is 5.32 Å². The summed E-state index contributed by atoms with van der Waals surface area (Å²) >= 11 is 1.52. The van der Waals surface area contributed by atoms with Crippen molar-refractivity contribution in [2.24, 2.45) is 0 Å². The molecule has 0 radical (unpaired) electrons. The predicted octanol–water partition coefficient (Wildman–Crippen LogP) is 6.70. The van der Waals surface area contributed by atoms with Crippen molar-refractivity contribution in [3.8, 4) is 11.8 Å². The van der Waals surface area contributed by atoms with E-state index in [0.29, 0.717) is 5.69 Å². The number of nitrogens with zero attached hydrogens (tertiary/aromatic N) is 3. The van der Waals surface area contributed by atoms with Crippen LogP contribution in [0.1, 0.15) is 17.0 Å². The van der Waals surface area contributed by atoms with Gasteiger partial charge in [0.05, 0.1) is 4.92 Å². The van der Waals surface area contributed by atoms with Crippen molar-refractivity contribution in [3.63, 3.8) is 0 Å². The number of para-hydroxylation sites is 1. The van der Waals surface area contributed by atoms with Crippen molar-refractivity contribution in [3.05, 3.63) is 118 Å². The van der Waals surface area contributed by atoms with Crippen molar-refractivity contribution in [2.45, 2.75) is 23.6 Å². The number of nitro groups is 1. The van der Waals surface area contributed by atoms with Gasteiger partial charge in [0.25, 0.3) is 11.6 Å². The Kier molecular flexibility index (Phi) is 7.33. The lowest BCUT2D eigenvalue weighted by atomic mass is 10.1. The Hall–Kier alpha value is -4.61. The predicted molar refractivity (Wildman–Crippen MR) is 141 cm³/mol. The number of nitro benzene ring substituents is 1. The fraction of sp³-hybridized carbons (Fsp3) is 0.0714. The van der Waals surface area contributed by atoms with Gasteiger partial charge in [-0.15, -0.1) is 0 Å². The summed E-state index contributed by atoms with van der Waals surface area (Å²) in [4.78, 5) is 25.0. The van der Waals surface area contributed by atoms with Crippen molar-refractivity contribution >= 4 is 35.1 Å². The van der Waals surface area contributed by atoms with Gasteiger partial charge >= 0.3 is 0 Å². The number of benzene rings is 3. The largest absolute Gasteiger partial charge is 0.321 e. The number of carbonyl (C=O) groups is 1. The van der Waals surface area contributed by atoms with Gasteiger partial charge in [-0.3, -0.25) is 14.9 Å². The fourth-order valence-corrected chi connectivity index (χ4v) is 4.61. The number of rotatable bonds is 7. The van der Waals surface area contributed by atoms with Crippen molar-refractivity contribution in [1.82, 2.24) is 4.57 Å². The highest BCUT2D eigenvalue weighted by molar-refractivity contribution is 7.99. The van der Waals surface area contributed by atoms with Gasteiger partial charge < -0.3 is 9.88 Å². The lowest BCUT2D eigenvalue weighted by molar-refractivity contribution is -0.384. The Morgan fingerprint density at radius 3 is 2.19 bits per heavy atom. The first-order valence-electron chi connectivity index (χ1n) is 11.1. The first-order chi connectivity index (χ1) is 17.4. The average Bonchev–Trinajstić information content (AvgIpc) is 3.16. The van der Waals surface area contributed by atoms with Crippen molar-refractivity contribution in [1.29, 1.82) is 5.26 Å². The Labute approximate surface area is 212 Å². The Balaban J connectivity index is 1.54.